The molecule has 1 aliphatic rings. The highest BCUT2D eigenvalue weighted by Gasteiger charge is 2.30. The van der Waals surface area contributed by atoms with Crippen LogP contribution in [0.2, 0.25) is 0 Å². The quantitative estimate of drug-likeness (QED) is 0.466. The zero-order valence-electron chi connectivity index (χ0n) is 16.8. The molecule has 0 radical (unpaired) electrons. The average molecular weight is 448 g/mol. The Morgan fingerprint density at radius 3 is 2.09 bits per heavy atom. The van der Waals surface area contributed by atoms with E-state index in [1.807, 2.05) is 53.8 Å². The van der Waals surface area contributed by atoms with Gasteiger partial charge in [-0.3, -0.25) is 9.59 Å². The van der Waals surface area contributed by atoms with Crippen molar-refractivity contribution in [3.05, 3.63) is 59.7 Å². The van der Waals surface area contributed by atoms with Crippen molar-refractivity contribution in [1.82, 2.24) is 10.6 Å². The molecule has 4 N–H and O–H groups in total. The molecule has 2 aromatic rings. The molecule has 32 heavy (non-hydrogen) atoms. The highest BCUT2D eigenvalue weighted by molar-refractivity contribution is 5.89. The smallest absolute Gasteiger partial charge is 0.407 e. The van der Waals surface area contributed by atoms with Crippen molar-refractivity contribution in [2.24, 2.45) is 0 Å². The highest BCUT2D eigenvalue weighted by atomic mass is 19.3. The molecular weight excluding hydrogens is 426 g/mol. The summed E-state index contributed by atoms with van der Waals surface area (Å²) in [5.74, 6) is -2.65. The third kappa shape index (κ3) is 5.38. The molecule has 0 bridgehead atoms. The van der Waals surface area contributed by atoms with Gasteiger partial charge < -0.3 is 25.6 Å². The van der Waals surface area contributed by atoms with Gasteiger partial charge in [-0.1, -0.05) is 48.5 Å². The van der Waals surface area contributed by atoms with Crippen LogP contribution in [0.3, 0.4) is 0 Å². The van der Waals surface area contributed by atoms with Gasteiger partial charge in [-0.2, -0.15) is 0 Å². The molecule has 3 rings (SSSR count). The molecule has 8 nitrogen and oxygen atoms in total. The number of carbonyl (C=O) groups excluding carboxylic acids is 2. The lowest BCUT2D eigenvalue weighted by Gasteiger charge is -2.19. The Morgan fingerprint density at radius 1 is 1.00 bits per heavy atom. The van der Waals surface area contributed by atoms with Crippen molar-refractivity contribution < 1.29 is 38.1 Å². The SMILES string of the molecule is O=C(O)CC(NC(=O)OCC1c2ccccc2-c2ccccc21)C(=O)NCC(O)C(F)F. The van der Waals surface area contributed by atoms with Gasteiger partial charge in [0.2, 0.25) is 5.91 Å². The monoisotopic (exact) mass is 448 g/mol. The minimum Gasteiger partial charge on any atom is -0.481 e. The van der Waals surface area contributed by atoms with Gasteiger partial charge in [0.25, 0.3) is 6.43 Å². The number of alkyl carbamates (subject to hydrolysis) is 1. The van der Waals surface area contributed by atoms with Crippen molar-refractivity contribution in [3.8, 4) is 11.1 Å². The normalized spacial score (nSPS) is 14.2. The fourth-order valence-electron chi connectivity index (χ4n) is 3.58. The lowest BCUT2D eigenvalue weighted by Crippen LogP contribution is -2.50. The summed E-state index contributed by atoms with van der Waals surface area (Å²) < 4.78 is 30.0. The Labute approximate surface area is 182 Å². The molecule has 0 spiro atoms. The first-order valence-electron chi connectivity index (χ1n) is 9.85. The number of aliphatic carboxylic acids is 1. The van der Waals surface area contributed by atoms with E-state index in [-0.39, 0.29) is 12.5 Å². The molecule has 1 aliphatic carbocycles. The number of hydrogen-bond acceptors (Lipinski definition) is 5. The van der Waals surface area contributed by atoms with E-state index in [0.29, 0.717) is 0 Å². The summed E-state index contributed by atoms with van der Waals surface area (Å²) in [6, 6.07) is 13.8. The zero-order valence-corrected chi connectivity index (χ0v) is 16.8. The van der Waals surface area contributed by atoms with E-state index in [1.54, 1.807) is 0 Å². The van der Waals surface area contributed by atoms with Gasteiger partial charge >= 0.3 is 12.1 Å². The summed E-state index contributed by atoms with van der Waals surface area (Å²) in [5, 5.41) is 22.2. The summed E-state index contributed by atoms with van der Waals surface area (Å²) in [5.41, 5.74) is 4.00. The van der Waals surface area contributed by atoms with Crippen molar-refractivity contribution in [2.45, 2.75) is 30.9 Å². The second-order valence-electron chi connectivity index (χ2n) is 7.27. The minimum absolute atomic E-state index is 0.0502. The molecule has 0 saturated carbocycles. The van der Waals surface area contributed by atoms with Gasteiger partial charge in [-0.05, 0) is 22.3 Å². The summed E-state index contributed by atoms with van der Waals surface area (Å²) >= 11 is 0. The van der Waals surface area contributed by atoms with Crippen LogP contribution in [0.4, 0.5) is 13.6 Å². The molecular formula is C22H22F2N2O6. The van der Waals surface area contributed by atoms with E-state index < -0.39 is 49.5 Å². The standard InChI is InChI=1S/C22H22F2N2O6/c23-20(24)18(27)10-25-21(30)17(9-19(28)29)26-22(31)32-11-16-14-7-3-1-5-12(14)13-6-2-4-8-15(13)16/h1-8,16-18,20,27H,9-11H2,(H,25,30)(H,26,31)(H,28,29). The Balaban J connectivity index is 1.63. The van der Waals surface area contributed by atoms with Crippen LogP contribution in [-0.2, 0) is 14.3 Å². The zero-order chi connectivity index (χ0) is 23.3. The topological polar surface area (TPSA) is 125 Å². The largest absolute Gasteiger partial charge is 0.481 e. The number of nitrogens with one attached hydrogen (secondary N) is 2. The van der Waals surface area contributed by atoms with E-state index in [4.69, 9.17) is 14.9 Å². The molecule has 170 valence electrons. The number of halogens is 2. The van der Waals surface area contributed by atoms with E-state index in [1.165, 1.54) is 0 Å². The number of hydrogen-bond donors (Lipinski definition) is 4. The fourth-order valence-corrected chi connectivity index (χ4v) is 3.58. The van der Waals surface area contributed by atoms with Crippen molar-refractivity contribution in [1.29, 1.82) is 0 Å². The first-order chi connectivity index (χ1) is 15.3. The summed E-state index contributed by atoms with van der Waals surface area (Å²) in [7, 11) is 0. The number of carboxylic acid groups (broad SMARTS) is 1. The molecule has 2 amide bonds. The first-order valence-corrected chi connectivity index (χ1v) is 9.85. The van der Waals surface area contributed by atoms with E-state index in [0.717, 1.165) is 22.3 Å². The van der Waals surface area contributed by atoms with Crippen molar-refractivity contribution in [2.75, 3.05) is 13.2 Å². The third-order valence-electron chi connectivity index (χ3n) is 5.11. The van der Waals surface area contributed by atoms with Gasteiger partial charge in [0, 0.05) is 12.5 Å². The van der Waals surface area contributed by atoms with Crippen LogP contribution in [0, 0.1) is 0 Å². The maximum absolute atomic E-state index is 12.4. The fraction of sp³-hybridized carbons (Fsp3) is 0.318. The number of fused-ring (bicyclic) bond motifs is 3. The average Bonchev–Trinajstić information content (AvgIpc) is 3.08. The van der Waals surface area contributed by atoms with Crippen LogP contribution in [0.15, 0.2) is 48.5 Å². The van der Waals surface area contributed by atoms with Gasteiger partial charge in [-0.15, -0.1) is 0 Å². The number of aliphatic hydroxyl groups is 1. The number of alkyl halides is 2. The van der Waals surface area contributed by atoms with E-state index >= 15 is 0 Å². The lowest BCUT2D eigenvalue weighted by molar-refractivity contribution is -0.140. The van der Waals surface area contributed by atoms with Crippen LogP contribution in [0.5, 0.6) is 0 Å². The van der Waals surface area contributed by atoms with Gasteiger partial charge in [0.1, 0.15) is 18.8 Å². The van der Waals surface area contributed by atoms with E-state index in [2.05, 4.69) is 5.32 Å². The molecule has 0 fully saturated rings. The Morgan fingerprint density at radius 2 is 1.56 bits per heavy atom. The van der Waals surface area contributed by atoms with Gasteiger partial charge in [0.15, 0.2) is 0 Å². The summed E-state index contributed by atoms with van der Waals surface area (Å²) in [6.45, 7) is -0.843. The van der Waals surface area contributed by atoms with Crippen molar-refractivity contribution in [3.63, 3.8) is 0 Å². The second-order valence-corrected chi connectivity index (χ2v) is 7.27. The molecule has 0 heterocycles. The van der Waals surface area contributed by atoms with E-state index in [9.17, 15) is 23.2 Å². The number of ether oxygens (including phenoxy) is 1. The van der Waals surface area contributed by atoms with Crippen LogP contribution in [0.1, 0.15) is 23.5 Å². The van der Waals surface area contributed by atoms with Crippen LogP contribution in [0.25, 0.3) is 11.1 Å². The Hall–Kier alpha value is -3.53. The number of benzene rings is 2. The lowest BCUT2D eigenvalue weighted by atomic mass is 9.98. The summed E-state index contributed by atoms with van der Waals surface area (Å²) in [4.78, 5) is 35.5. The molecule has 2 aromatic carbocycles. The Kier molecular flexibility index (Phi) is 7.37. The number of amides is 2. The molecule has 0 aromatic heterocycles. The highest BCUT2D eigenvalue weighted by Crippen LogP contribution is 2.44. The third-order valence-corrected chi connectivity index (χ3v) is 5.11. The van der Waals surface area contributed by atoms with Gasteiger partial charge in [0.05, 0.1) is 6.42 Å². The first kappa shape index (κ1) is 23.1. The number of aliphatic hydroxyl groups excluding tert-OH is 1. The van der Waals surface area contributed by atoms with Crippen molar-refractivity contribution >= 4 is 18.0 Å². The van der Waals surface area contributed by atoms with Crippen LogP contribution in [-0.4, -0.2) is 59.9 Å². The second kappa shape index (κ2) is 10.2. The molecule has 2 unspecified atom stereocenters. The number of rotatable bonds is 9. The Bertz CT molecular complexity index is 954. The predicted molar refractivity (Wildman–Crippen MR) is 109 cm³/mol. The molecule has 10 heteroatoms. The molecule has 0 saturated heterocycles. The summed E-state index contributed by atoms with van der Waals surface area (Å²) in [6.07, 6.45) is -7.01. The van der Waals surface area contributed by atoms with Crippen LogP contribution < -0.4 is 10.6 Å². The minimum atomic E-state index is -3.08. The molecule has 2 atom stereocenters. The van der Waals surface area contributed by atoms with Gasteiger partial charge in [-0.25, -0.2) is 13.6 Å². The molecule has 0 aliphatic heterocycles. The maximum atomic E-state index is 12.4. The predicted octanol–water partition coefficient (Wildman–Crippen LogP) is 2.11. The number of carboxylic acids is 1. The number of carbonyl (C=O) groups is 3. The maximum Gasteiger partial charge on any atom is 0.407 e. The van der Waals surface area contributed by atoms with Crippen LogP contribution >= 0.6 is 0 Å².